The first kappa shape index (κ1) is 21.8. The molecule has 1 aliphatic rings. The number of piperidine rings is 1. The lowest BCUT2D eigenvalue weighted by molar-refractivity contribution is 0.0264. The maximum Gasteiger partial charge on any atom is 0.251 e. The average Bonchev–Trinajstić information content (AvgIpc) is 2.67. The van der Waals surface area contributed by atoms with Crippen LogP contribution >= 0.6 is 23.2 Å². The van der Waals surface area contributed by atoms with Crippen LogP contribution in [0.4, 0.5) is 0 Å². The number of benzene rings is 1. The van der Waals surface area contributed by atoms with E-state index in [0.29, 0.717) is 34.8 Å². The lowest BCUT2D eigenvalue weighted by Gasteiger charge is -2.34. The highest BCUT2D eigenvalue weighted by atomic mass is 35.5. The molecule has 1 amide bonds. The quantitative estimate of drug-likeness (QED) is 0.408. The minimum Gasteiger partial charge on any atom is -0.378 e. The van der Waals surface area contributed by atoms with Crippen LogP contribution in [0.25, 0.3) is 0 Å². The minimum absolute atomic E-state index is 0.189. The summed E-state index contributed by atoms with van der Waals surface area (Å²) in [6, 6.07) is 4.83. The van der Waals surface area contributed by atoms with E-state index in [1.807, 2.05) is 6.92 Å². The highest BCUT2D eigenvalue weighted by molar-refractivity contribution is 6.42. The van der Waals surface area contributed by atoms with E-state index in [4.69, 9.17) is 27.9 Å². The highest BCUT2D eigenvalue weighted by Crippen LogP contribution is 2.22. The van der Waals surface area contributed by atoms with Gasteiger partial charge in [0.1, 0.15) is 0 Å². The molecule has 8 heteroatoms. The number of amides is 1. The fraction of sp³-hybridized carbons (Fsp3) is 0.579. The third-order valence-corrected chi connectivity index (χ3v) is 5.06. The normalized spacial score (nSPS) is 15.7. The summed E-state index contributed by atoms with van der Waals surface area (Å²) in [7, 11) is 0. The molecule has 1 saturated heterocycles. The fourth-order valence-corrected chi connectivity index (χ4v) is 3.26. The van der Waals surface area contributed by atoms with Crippen LogP contribution in [-0.4, -0.2) is 62.2 Å². The van der Waals surface area contributed by atoms with Gasteiger partial charge in [0, 0.05) is 38.3 Å². The Morgan fingerprint density at radius 1 is 1.22 bits per heavy atom. The predicted octanol–water partition coefficient (Wildman–Crippen LogP) is 3.19. The number of carbonyl (C=O) groups is 1. The molecule has 0 bridgehead atoms. The molecule has 1 aromatic carbocycles. The standard InChI is InChI=1S/C19H28Cl2N4O2/c1-3-22-19(25-11-7-15(8-12-25)27-4-2)24-10-9-23-18(26)14-5-6-16(20)17(21)13-14/h5-6,13,15H,3-4,7-12H2,1-2H3,(H,22,24)(H,23,26). The molecule has 1 fully saturated rings. The molecule has 27 heavy (non-hydrogen) atoms. The first-order valence-corrected chi connectivity index (χ1v) is 10.2. The van der Waals surface area contributed by atoms with Gasteiger partial charge in [-0.2, -0.15) is 0 Å². The number of halogens is 2. The van der Waals surface area contributed by atoms with Crippen molar-refractivity contribution in [1.82, 2.24) is 15.5 Å². The monoisotopic (exact) mass is 414 g/mol. The Balaban J connectivity index is 1.82. The second-order valence-electron chi connectivity index (χ2n) is 6.26. The van der Waals surface area contributed by atoms with Crippen molar-refractivity contribution >= 4 is 35.1 Å². The SMILES string of the molecule is CCNC(=NCCNC(=O)c1ccc(Cl)c(Cl)c1)N1CCC(OCC)CC1. The van der Waals surface area contributed by atoms with Gasteiger partial charge in [0.25, 0.3) is 5.91 Å². The predicted molar refractivity (Wildman–Crippen MR) is 111 cm³/mol. The van der Waals surface area contributed by atoms with E-state index in [1.165, 1.54) is 0 Å². The molecule has 6 nitrogen and oxygen atoms in total. The molecule has 0 saturated carbocycles. The Kier molecular flexibility index (Phi) is 9.18. The van der Waals surface area contributed by atoms with Crippen molar-refractivity contribution in [2.45, 2.75) is 32.8 Å². The summed E-state index contributed by atoms with van der Waals surface area (Å²) >= 11 is 11.8. The summed E-state index contributed by atoms with van der Waals surface area (Å²) in [5, 5.41) is 6.98. The zero-order valence-corrected chi connectivity index (χ0v) is 17.4. The molecule has 2 N–H and O–H groups in total. The van der Waals surface area contributed by atoms with Crippen molar-refractivity contribution in [2.75, 3.05) is 39.3 Å². The van der Waals surface area contributed by atoms with E-state index >= 15 is 0 Å². The summed E-state index contributed by atoms with van der Waals surface area (Å²) in [5.74, 6) is 0.697. The summed E-state index contributed by atoms with van der Waals surface area (Å²) in [4.78, 5) is 19.1. The van der Waals surface area contributed by atoms with Crippen molar-refractivity contribution in [2.24, 2.45) is 4.99 Å². The number of guanidine groups is 1. The van der Waals surface area contributed by atoms with Crippen LogP contribution in [0.2, 0.25) is 10.0 Å². The second kappa shape index (κ2) is 11.4. The van der Waals surface area contributed by atoms with E-state index in [9.17, 15) is 4.79 Å². The van der Waals surface area contributed by atoms with Gasteiger partial charge in [0.2, 0.25) is 0 Å². The molecule has 2 rings (SSSR count). The first-order chi connectivity index (χ1) is 13.0. The first-order valence-electron chi connectivity index (χ1n) is 9.43. The van der Waals surface area contributed by atoms with Gasteiger partial charge >= 0.3 is 0 Å². The highest BCUT2D eigenvalue weighted by Gasteiger charge is 2.21. The summed E-state index contributed by atoms with van der Waals surface area (Å²) in [6.45, 7) is 8.44. The van der Waals surface area contributed by atoms with Crippen LogP contribution in [0, 0.1) is 0 Å². The van der Waals surface area contributed by atoms with Gasteiger partial charge in [-0.25, -0.2) is 0 Å². The van der Waals surface area contributed by atoms with Gasteiger partial charge in [-0.1, -0.05) is 23.2 Å². The van der Waals surface area contributed by atoms with Crippen LogP contribution < -0.4 is 10.6 Å². The molecule has 0 radical (unpaired) electrons. The fourth-order valence-electron chi connectivity index (χ4n) is 2.97. The lowest BCUT2D eigenvalue weighted by atomic mass is 10.1. The van der Waals surface area contributed by atoms with Gasteiger partial charge < -0.3 is 20.3 Å². The Bertz CT molecular complexity index is 647. The Labute approximate surface area is 171 Å². The minimum atomic E-state index is -0.189. The van der Waals surface area contributed by atoms with Crippen LogP contribution in [0.5, 0.6) is 0 Å². The molecule has 0 unspecified atom stereocenters. The van der Waals surface area contributed by atoms with Crippen molar-refractivity contribution in [3.63, 3.8) is 0 Å². The number of hydrogen-bond acceptors (Lipinski definition) is 3. The number of carbonyl (C=O) groups excluding carboxylic acids is 1. The van der Waals surface area contributed by atoms with Crippen LogP contribution in [0.3, 0.4) is 0 Å². The smallest absolute Gasteiger partial charge is 0.251 e. The lowest BCUT2D eigenvalue weighted by Crippen LogP contribution is -2.47. The number of hydrogen-bond donors (Lipinski definition) is 2. The number of nitrogens with zero attached hydrogens (tertiary/aromatic N) is 2. The average molecular weight is 415 g/mol. The Morgan fingerprint density at radius 2 is 1.96 bits per heavy atom. The van der Waals surface area contributed by atoms with E-state index in [0.717, 1.165) is 45.0 Å². The van der Waals surface area contributed by atoms with Gasteiger partial charge in [0.15, 0.2) is 5.96 Å². The van der Waals surface area contributed by atoms with Crippen molar-refractivity contribution in [3.8, 4) is 0 Å². The third-order valence-electron chi connectivity index (χ3n) is 4.32. The largest absolute Gasteiger partial charge is 0.378 e. The van der Waals surface area contributed by atoms with Crippen molar-refractivity contribution in [3.05, 3.63) is 33.8 Å². The zero-order valence-electron chi connectivity index (χ0n) is 15.9. The van der Waals surface area contributed by atoms with Crippen LogP contribution in [0.1, 0.15) is 37.0 Å². The number of rotatable bonds is 7. The van der Waals surface area contributed by atoms with Gasteiger partial charge in [-0.15, -0.1) is 0 Å². The summed E-state index contributed by atoms with van der Waals surface area (Å²) in [6.07, 6.45) is 2.36. The topological polar surface area (TPSA) is 66.0 Å². The molecular weight excluding hydrogens is 387 g/mol. The Morgan fingerprint density at radius 3 is 2.59 bits per heavy atom. The molecule has 0 aromatic heterocycles. The number of ether oxygens (including phenoxy) is 1. The number of nitrogens with one attached hydrogen (secondary N) is 2. The Hall–Kier alpha value is -1.50. The molecule has 1 aromatic rings. The van der Waals surface area contributed by atoms with Gasteiger partial charge in [0.05, 0.1) is 22.7 Å². The maximum absolute atomic E-state index is 12.2. The molecule has 0 spiro atoms. The van der Waals surface area contributed by atoms with Crippen molar-refractivity contribution in [1.29, 1.82) is 0 Å². The molecular formula is C19H28Cl2N4O2. The molecule has 150 valence electrons. The number of likely N-dealkylation sites (tertiary alicyclic amines) is 1. The summed E-state index contributed by atoms with van der Waals surface area (Å²) < 4.78 is 5.70. The van der Waals surface area contributed by atoms with Gasteiger partial charge in [-0.3, -0.25) is 9.79 Å². The molecule has 1 aliphatic heterocycles. The van der Waals surface area contributed by atoms with E-state index in [-0.39, 0.29) is 5.91 Å². The second-order valence-corrected chi connectivity index (χ2v) is 7.08. The van der Waals surface area contributed by atoms with E-state index in [1.54, 1.807) is 18.2 Å². The van der Waals surface area contributed by atoms with Crippen LogP contribution in [-0.2, 0) is 4.74 Å². The number of aliphatic imine (C=N–C) groups is 1. The summed E-state index contributed by atoms with van der Waals surface area (Å²) in [5.41, 5.74) is 0.485. The van der Waals surface area contributed by atoms with E-state index in [2.05, 4.69) is 27.4 Å². The van der Waals surface area contributed by atoms with Gasteiger partial charge in [-0.05, 0) is 44.9 Å². The molecule has 0 atom stereocenters. The molecule has 0 aliphatic carbocycles. The van der Waals surface area contributed by atoms with E-state index < -0.39 is 0 Å². The third kappa shape index (κ3) is 6.87. The van der Waals surface area contributed by atoms with Crippen LogP contribution in [0.15, 0.2) is 23.2 Å². The molecule has 1 heterocycles. The maximum atomic E-state index is 12.2. The zero-order chi connectivity index (χ0) is 19.6. The van der Waals surface area contributed by atoms with Crippen molar-refractivity contribution < 1.29 is 9.53 Å².